The molecular formula is C30H25NO5S2. The van der Waals surface area contributed by atoms with E-state index in [0.717, 1.165) is 39.9 Å². The number of benzene rings is 4. The number of carbonyl (C=O) groups excluding carboxylic acids is 3. The van der Waals surface area contributed by atoms with Crippen LogP contribution in [0.25, 0.3) is 10.8 Å². The molecule has 0 saturated carbocycles. The van der Waals surface area contributed by atoms with Crippen molar-refractivity contribution in [3.8, 4) is 0 Å². The van der Waals surface area contributed by atoms with Gasteiger partial charge in [-0.05, 0) is 16.3 Å². The van der Waals surface area contributed by atoms with Gasteiger partial charge in [0.05, 0.1) is 0 Å². The Labute approximate surface area is 228 Å². The van der Waals surface area contributed by atoms with E-state index in [2.05, 4.69) is 5.32 Å². The fourth-order valence-corrected chi connectivity index (χ4v) is 5.84. The molecule has 8 heteroatoms. The van der Waals surface area contributed by atoms with Crippen LogP contribution in [-0.4, -0.2) is 44.3 Å². The van der Waals surface area contributed by atoms with Crippen LogP contribution in [0.4, 0.5) is 0 Å². The molecular weight excluding hydrogens is 518 g/mol. The van der Waals surface area contributed by atoms with Crippen molar-refractivity contribution < 1.29 is 24.3 Å². The van der Waals surface area contributed by atoms with Gasteiger partial charge in [0.2, 0.25) is 16.1 Å². The van der Waals surface area contributed by atoms with Crippen molar-refractivity contribution in [2.75, 3.05) is 5.75 Å². The summed E-state index contributed by atoms with van der Waals surface area (Å²) in [6.45, 7) is 0. The van der Waals surface area contributed by atoms with Crippen LogP contribution in [0.5, 0.6) is 0 Å². The third kappa shape index (κ3) is 7.12. The summed E-state index contributed by atoms with van der Waals surface area (Å²) >= 11 is 1.71. The molecule has 4 rings (SSSR count). The normalized spacial score (nSPS) is 12.4. The summed E-state index contributed by atoms with van der Waals surface area (Å²) in [6.07, 6.45) is 0.0720. The highest BCUT2D eigenvalue weighted by Gasteiger charge is 2.29. The van der Waals surface area contributed by atoms with Gasteiger partial charge in [-0.3, -0.25) is 14.4 Å². The first kappa shape index (κ1) is 27.2. The molecule has 0 radical (unpaired) electrons. The van der Waals surface area contributed by atoms with E-state index < -0.39 is 23.2 Å². The van der Waals surface area contributed by atoms with E-state index in [1.54, 1.807) is 60.7 Å². The van der Waals surface area contributed by atoms with E-state index in [-0.39, 0.29) is 22.4 Å². The zero-order valence-electron chi connectivity index (χ0n) is 20.3. The lowest BCUT2D eigenvalue weighted by Gasteiger charge is -2.20. The first-order chi connectivity index (χ1) is 18.4. The summed E-state index contributed by atoms with van der Waals surface area (Å²) in [7, 11) is 0. The van der Waals surface area contributed by atoms with Crippen molar-refractivity contribution in [2.45, 2.75) is 17.7 Å². The van der Waals surface area contributed by atoms with Crippen LogP contribution in [0.3, 0.4) is 0 Å². The lowest BCUT2D eigenvalue weighted by molar-refractivity contribution is -0.141. The average molecular weight is 544 g/mol. The van der Waals surface area contributed by atoms with Crippen molar-refractivity contribution in [1.82, 2.24) is 5.32 Å². The molecule has 192 valence electrons. The molecule has 2 atom stereocenters. The number of thioether (sulfide) groups is 2. The monoisotopic (exact) mass is 543 g/mol. The summed E-state index contributed by atoms with van der Waals surface area (Å²) in [4.78, 5) is 51.1. The Kier molecular flexibility index (Phi) is 9.35. The standard InChI is InChI=1S/C30H25NO5S2/c32-27(31-25(28(33)34)18-23-16-9-15-20-10-7-8-17-24(20)23)26(38-30(36)22-13-5-2-6-14-22)19-37-29(35)21-11-3-1-4-12-21/h1-17,25-26H,18-19H2,(H,31,32)(H,33,34)/t25-,26?/m0/s1. The van der Waals surface area contributed by atoms with E-state index in [1.807, 2.05) is 42.5 Å². The topological polar surface area (TPSA) is 101 Å². The Morgan fingerprint density at radius 3 is 1.95 bits per heavy atom. The number of carbonyl (C=O) groups is 4. The van der Waals surface area contributed by atoms with Crippen LogP contribution in [0.15, 0.2) is 103 Å². The van der Waals surface area contributed by atoms with E-state index >= 15 is 0 Å². The summed E-state index contributed by atoms with van der Waals surface area (Å²) in [5.74, 6) is -1.79. The lowest BCUT2D eigenvalue weighted by Crippen LogP contribution is -2.46. The largest absolute Gasteiger partial charge is 0.480 e. The minimum Gasteiger partial charge on any atom is -0.480 e. The van der Waals surface area contributed by atoms with E-state index in [0.29, 0.717) is 11.1 Å². The summed E-state index contributed by atoms with van der Waals surface area (Å²) in [5.41, 5.74) is 1.68. The number of fused-ring (bicyclic) bond motifs is 1. The predicted molar refractivity (Wildman–Crippen MR) is 153 cm³/mol. The highest BCUT2D eigenvalue weighted by Crippen LogP contribution is 2.25. The smallest absolute Gasteiger partial charge is 0.326 e. The molecule has 1 unspecified atom stereocenters. The fraction of sp³-hybridized carbons (Fsp3) is 0.133. The predicted octanol–water partition coefficient (Wildman–Crippen LogP) is 5.47. The van der Waals surface area contributed by atoms with Gasteiger partial charge in [-0.25, -0.2) is 4.79 Å². The molecule has 0 aliphatic rings. The van der Waals surface area contributed by atoms with Crippen molar-refractivity contribution in [1.29, 1.82) is 0 Å². The van der Waals surface area contributed by atoms with Crippen molar-refractivity contribution >= 4 is 56.4 Å². The quantitative estimate of drug-likeness (QED) is 0.274. The summed E-state index contributed by atoms with van der Waals surface area (Å²) < 4.78 is 0. The second-order valence-corrected chi connectivity index (χ2v) is 10.6. The number of carboxylic acid groups (broad SMARTS) is 1. The molecule has 4 aromatic carbocycles. The number of hydrogen-bond donors (Lipinski definition) is 2. The number of carboxylic acids is 1. The molecule has 4 aromatic rings. The maximum absolute atomic E-state index is 13.4. The molecule has 0 aliphatic carbocycles. The molecule has 0 heterocycles. The van der Waals surface area contributed by atoms with Gasteiger partial charge in [0.1, 0.15) is 11.3 Å². The second kappa shape index (κ2) is 13.1. The SMILES string of the molecule is O=C(SCC(SC(=O)c1ccccc1)C(=O)N[C@@H](Cc1cccc2ccccc12)C(=O)O)c1ccccc1. The Bertz CT molecular complexity index is 1440. The summed E-state index contributed by atoms with van der Waals surface area (Å²) in [6, 6.07) is 29.2. The molecule has 0 fully saturated rings. The van der Waals surface area contributed by atoms with E-state index in [1.165, 1.54) is 0 Å². The number of amides is 1. The fourth-order valence-electron chi connectivity index (χ4n) is 3.90. The Hall–Kier alpha value is -3.88. The minimum absolute atomic E-state index is 0.00338. The molecule has 0 aromatic heterocycles. The highest BCUT2D eigenvalue weighted by molar-refractivity contribution is 8.18. The molecule has 0 aliphatic heterocycles. The molecule has 1 amide bonds. The molecule has 2 N–H and O–H groups in total. The highest BCUT2D eigenvalue weighted by atomic mass is 32.2. The van der Waals surface area contributed by atoms with Gasteiger partial charge in [0.25, 0.3) is 0 Å². The maximum Gasteiger partial charge on any atom is 0.326 e. The van der Waals surface area contributed by atoms with Crippen LogP contribution in [0.1, 0.15) is 26.3 Å². The lowest BCUT2D eigenvalue weighted by atomic mass is 9.98. The molecule has 0 spiro atoms. The number of rotatable bonds is 10. The van der Waals surface area contributed by atoms with Gasteiger partial charge < -0.3 is 10.4 Å². The van der Waals surface area contributed by atoms with Gasteiger partial charge in [-0.2, -0.15) is 0 Å². The van der Waals surface area contributed by atoms with Gasteiger partial charge in [0, 0.05) is 23.3 Å². The van der Waals surface area contributed by atoms with Gasteiger partial charge in [0.15, 0.2) is 0 Å². The number of hydrogen-bond acceptors (Lipinski definition) is 6. The van der Waals surface area contributed by atoms with Crippen molar-refractivity contribution in [3.05, 3.63) is 120 Å². The van der Waals surface area contributed by atoms with Crippen LogP contribution < -0.4 is 5.32 Å². The number of nitrogens with one attached hydrogen (secondary N) is 1. The van der Waals surface area contributed by atoms with Crippen molar-refractivity contribution in [3.63, 3.8) is 0 Å². The van der Waals surface area contributed by atoms with E-state index in [4.69, 9.17) is 0 Å². The number of aliphatic carboxylic acids is 1. The van der Waals surface area contributed by atoms with Crippen molar-refractivity contribution in [2.24, 2.45) is 0 Å². The van der Waals surface area contributed by atoms with Gasteiger partial charge >= 0.3 is 5.97 Å². The van der Waals surface area contributed by atoms with Crippen LogP contribution >= 0.6 is 23.5 Å². The molecule has 6 nitrogen and oxygen atoms in total. The average Bonchev–Trinajstić information content (AvgIpc) is 2.95. The van der Waals surface area contributed by atoms with Crippen LogP contribution in [0.2, 0.25) is 0 Å². The Balaban J connectivity index is 1.52. The zero-order valence-corrected chi connectivity index (χ0v) is 21.9. The van der Waals surface area contributed by atoms with Crippen LogP contribution in [0, 0.1) is 0 Å². The Morgan fingerprint density at radius 2 is 1.29 bits per heavy atom. The van der Waals surface area contributed by atoms with Crippen LogP contribution in [-0.2, 0) is 16.0 Å². The first-order valence-corrected chi connectivity index (χ1v) is 13.8. The Morgan fingerprint density at radius 1 is 0.711 bits per heavy atom. The second-order valence-electron chi connectivity index (χ2n) is 8.47. The molecule has 0 saturated heterocycles. The third-order valence-corrected chi connectivity index (χ3v) is 8.17. The van der Waals surface area contributed by atoms with Gasteiger partial charge in [-0.1, -0.05) is 127 Å². The maximum atomic E-state index is 13.4. The summed E-state index contributed by atoms with van der Waals surface area (Å²) in [5, 5.41) is 12.9. The molecule has 38 heavy (non-hydrogen) atoms. The third-order valence-electron chi connectivity index (χ3n) is 5.85. The first-order valence-electron chi connectivity index (χ1n) is 11.9. The van der Waals surface area contributed by atoms with Gasteiger partial charge in [-0.15, -0.1) is 0 Å². The molecule has 0 bridgehead atoms. The minimum atomic E-state index is -1.21. The van der Waals surface area contributed by atoms with E-state index in [9.17, 15) is 24.3 Å². The zero-order chi connectivity index (χ0) is 26.9.